The van der Waals surface area contributed by atoms with Crippen LogP contribution in [0.25, 0.3) is 0 Å². The van der Waals surface area contributed by atoms with Crippen molar-refractivity contribution in [3.63, 3.8) is 0 Å². The van der Waals surface area contributed by atoms with Crippen LogP contribution in [-0.4, -0.2) is 49.3 Å². The molecule has 1 atom stereocenters. The van der Waals surface area contributed by atoms with Gasteiger partial charge in [-0.25, -0.2) is 0 Å². The number of amides is 1. The number of carbonyl (C=O) groups excluding carboxylic acids is 2. The van der Waals surface area contributed by atoms with E-state index in [1.807, 2.05) is 0 Å². The van der Waals surface area contributed by atoms with E-state index in [1.165, 1.54) is 26.4 Å². The number of methoxy groups -OCH3 is 1. The molecule has 0 aliphatic heterocycles. The maximum Gasteiger partial charge on any atom is 0.325 e. The Labute approximate surface area is 120 Å². The average molecular weight is 286 g/mol. The van der Waals surface area contributed by atoms with E-state index in [0.29, 0.717) is 0 Å². The Morgan fingerprint density at radius 1 is 1.20 bits per heavy atom. The van der Waals surface area contributed by atoms with Gasteiger partial charge in [-0.1, -0.05) is 32.1 Å². The first-order valence-corrected chi connectivity index (χ1v) is 7.38. The first-order valence-electron chi connectivity index (χ1n) is 7.38. The van der Waals surface area contributed by atoms with Crippen molar-refractivity contribution in [2.45, 2.75) is 57.0 Å². The number of rotatable bonds is 6. The van der Waals surface area contributed by atoms with Crippen molar-refractivity contribution in [3.8, 4) is 0 Å². The van der Waals surface area contributed by atoms with Gasteiger partial charge in [0, 0.05) is 6.04 Å². The van der Waals surface area contributed by atoms with E-state index >= 15 is 0 Å². The molecule has 1 fully saturated rings. The van der Waals surface area contributed by atoms with E-state index < -0.39 is 12.0 Å². The van der Waals surface area contributed by atoms with E-state index in [-0.39, 0.29) is 25.1 Å². The number of ether oxygens (including phenoxy) is 1. The number of aliphatic hydroxyl groups is 1. The lowest BCUT2D eigenvalue weighted by Gasteiger charge is -2.21. The monoisotopic (exact) mass is 286 g/mol. The lowest BCUT2D eigenvalue weighted by molar-refractivity contribution is -0.144. The van der Waals surface area contributed by atoms with Gasteiger partial charge in [0.15, 0.2) is 0 Å². The second kappa shape index (κ2) is 9.72. The van der Waals surface area contributed by atoms with Crippen molar-refractivity contribution in [2.24, 2.45) is 0 Å². The zero-order chi connectivity index (χ0) is 14.8. The van der Waals surface area contributed by atoms with Gasteiger partial charge in [0.05, 0.1) is 20.3 Å². The summed E-state index contributed by atoms with van der Waals surface area (Å²) in [6.45, 7) is -0.375. The van der Waals surface area contributed by atoms with Gasteiger partial charge in [-0.2, -0.15) is 0 Å². The lowest BCUT2D eigenvalue weighted by atomic mass is 9.97. The van der Waals surface area contributed by atoms with Crippen molar-refractivity contribution in [1.29, 1.82) is 0 Å². The number of aliphatic hydroxyl groups excluding tert-OH is 1. The first-order chi connectivity index (χ1) is 9.67. The number of nitrogens with one attached hydrogen (secondary N) is 2. The quantitative estimate of drug-likeness (QED) is 0.613. The number of hydrogen-bond acceptors (Lipinski definition) is 5. The van der Waals surface area contributed by atoms with E-state index in [2.05, 4.69) is 15.4 Å². The summed E-state index contributed by atoms with van der Waals surface area (Å²) in [6.07, 6.45) is 8.11. The molecule has 0 spiro atoms. The molecule has 1 saturated carbocycles. The van der Waals surface area contributed by atoms with E-state index in [0.717, 1.165) is 25.7 Å². The molecule has 6 heteroatoms. The van der Waals surface area contributed by atoms with Gasteiger partial charge in [0.2, 0.25) is 5.91 Å². The molecule has 1 amide bonds. The molecule has 116 valence electrons. The van der Waals surface area contributed by atoms with Gasteiger partial charge >= 0.3 is 5.97 Å². The van der Waals surface area contributed by atoms with Gasteiger partial charge in [-0.05, 0) is 12.8 Å². The summed E-state index contributed by atoms with van der Waals surface area (Å²) in [6, 6.07) is -0.613. The van der Waals surface area contributed by atoms with Crippen molar-refractivity contribution >= 4 is 11.9 Å². The summed E-state index contributed by atoms with van der Waals surface area (Å²) in [5.41, 5.74) is 0. The predicted octanol–water partition coefficient (Wildman–Crippen LogP) is 0.339. The highest BCUT2D eigenvalue weighted by molar-refractivity contribution is 5.80. The molecule has 20 heavy (non-hydrogen) atoms. The van der Waals surface area contributed by atoms with Crippen LogP contribution in [0.2, 0.25) is 0 Å². The maximum absolute atomic E-state index is 11.8. The van der Waals surface area contributed by atoms with Gasteiger partial charge < -0.3 is 15.2 Å². The summed E-state index contributed by atoms with van der Waals surface area (Å²) >= 11 is 0. The van der Waals surface area contributed by atoms with Crippen LogP contribution in [0.4, 0.5) is 0 Å². The maximum atomic E-state index is 11.8. The Bertz CT molecular complexity index is 302. The number of hydrogen-bond donors (Lipinski definition) is 3. The van der Waals surface area contributed by atoms with Gasteiger partial charge in [0.25, 0.3) is 0 Å². The van der Waals surface area contributed by atoms with Crippen molar-refractivity contribution in [3.05, 3.63) is 0 Å². The third kappa shape index (κ3) is 6.34. The molecule has 6 nitrogen and oxygen atoms in total. The van der Waals surface area contributed by atoms with Crippen molar-refractivity contribution < 1.29 is 19.4 Å². The van der Waals surface area contributed by atoms with Crippen LogP contribution in [-0.2, 0) is 14.3 Å². The molecule has 3 N–H and O–H groups in total. The lowest BCUT2D eigenvalue weighted by Crippen LogP contribution is -2.47. The minimum absolute atomic E-state index is 0.0107. The Morgan fingerprint density at radius 2 is 1.80 bits per heavy atom. The molecular weight excluding hydrogens is 260 g/mol. The van der Waals surface area contributed by atoms with Crippen LogP contribution in [0, 0.1) is 0 Å². The van der Waals surface area contributed by atoms with Crippen LogP contribution < -0.4 is 10.6 Å². The molecule has 0 aromatic heterocycles. The molecule has 1 aliphatic carbocycles. The summed E-state index contributed by atoms with van der Waals surface area (Å²) in [5, 5.41) is 14.7. The second-order valence-corrected chi connectivity index (χ2v) is 5.25. The van der Waals surface area contributed by atoms with Gasteiger partial charge in [-0.3, -0.25) is 14.9 Å². The summed E-state index contributed by atoms with van der Waals surface area (Å²) in [4.78, 5) is 23.1. The molecular formula is C14H26N2O4. The Hall–Kier alpha value is -1.14. The van der Waals surface area contributed by atoms with Crippen molar-refractivity contribution in [1.82, 2.24) is 10.6 Å². The molecule has 0 aromatic carbocycles. The Balaban J connectivity index is 2.29. The highest BCUT2D eigenvalue weighted by Gasteiger charge is 2.19. The Kier molecular flexibility index (Phi) is 8.22. The molecule has 0 heterocycles. The molecule has 1 aliphatic rings. The average Bonchev–Trinajstić information content (AvgIpc) is 2.42. The first kappa shape index (κ1) is 16.9. The smallest absolute Gasteiger partial charge is 0.325 e. The van der Waals surface area contributed by atoms with E-state index in [4.69, 9.17) is 5.11 Å². The van der Waals surface area contributed by atoms with Crippen LogP contribution in [0.3, 0.4) is 0 Å². The molecule has 1 rings (SSSR count). The molecule has 0 bridgehead atoms. The van der Waals surface area contributed by atoms with E-state index in [9.17, 15) is 9.59 Å². The largest absolute Gasteiger partial charge is 0.468 e. The topological polar surface area (TPSA) is 87.7 Å². The predicted molar refractivity (Wildman–Crippen MR) is 75.1 cm³/mol. The fourth-order valence-electron chi connectivity index (χ4n) is 2.46. The SMILES string of the molecule is COC(=O)[C@@H](CO)NCC(=O)NC1CCCCCCC1. The minimum Gasteiger partial charge on any atom is -0.468 e. The highest BCUT2D eigenvalue weighted by Crippen LogP contribution is 2.16. The summed E-state index contributed by atoms with van der Waals surface area (Å²) < 4.78 is 4.52. The van der Waals surface area contributed by atoms with Gasteiger partial charge in [-0.15, -0.1) is 0 Å². The van der Waals surface area contributed by atoms with Crippen LogP contribution in [0.1, 0.15) is 44.9 Å². The third-order valence-corrected chi connectivity index (χ3v) is 3.65. The standard InChI is InChI=1S/C14H26N2O4/c1-20-14(19)12(10-17)15-9-13(18)16-11-7-5-3-2-4-6-8-11/h11-12,15,17H,2-10H2,1H3,(H,16,18)/t12-/m1/s1. The Morgan fingerprint density at radius 3 is 2.35 bits per heavy atom. The number of carbonyl (C=O) groups is 2. The van der Waals surface area contributed by atoms with E-state index in [1.54, 1.807) is 0 Å². The summed E-state index contributed by atoms with van der Waals surface area (Å²) in [7, 11) is 1.25. The summed E-state index contributed by atoms with van der Waals surface area (Å²) in [5.74, 6) is -0.704. The molecule has 0 radical (unpaired) electrons. The second-order valence-electron chi connectivity index (χ2n) is 5.25. The zero-order valence-electron chi connectivity index (χ0n) is 12.2. The molecule has 0 saturated heterocycles. The van der Waals surface area contributed by atoms with Crippen LogP contribution in [0.5, 0.6) is 0 Å². The van der Waals surface area contributed by atoms with Crippen molar-refractivity contribution in [2.75, 3.05) is 20.3 Å². The molecule has 0 aromatic rings. The highest BCUT2D eigenvalue weighted by atomic mass is 16.5. The minimum atomic E-state index is -0.844. The fraction of sp³-hybridized carbons (Fsp3) is 0.857. The van der Waals surface area contributed by atoms with Crippen LogP contribution in [0.15, 0.2) is 0 Å². The fourth-order valence-corrected chi connectivity index (χ4v) is 2.46. The third-order valence-electron chi connectivity index (χ3n) is 3.65. The van der Waals surface area contributed by atoms with Gasteiger partial charge in [0.1, 0.15) is 6.04 Å². The molecule has 0 unspecified atom stereocenters. The zero-order valence-corrected chi connectivity index (χ0v) is 12.2. The van der Waals surface area contributed by atoms with Crippen LogP contribution >= 0.6 is 0 Å². The normalized spacial score (nSPS) is 18.7. The number of esters is 1.